The summed E-state index contributed by atoms with van der Waals surface area (Å²) in [5.41, 5.74) is 7.14. The van der Waals surface area contributed by atoms with Gasteiger partial charge >= 0.3 is 5.97 Å². The predicted molar refractivity (Wildman–Crippen MR) is 218 cm³/mol. The number of fused-ring (bicyclic) bond motifs is 3. The first-order valence-corrected chi connectivity index (χ1v) is 18.2. The summed E-state index contributed by atoms with van der Waals surface area (Å²) in [6, 6.07) is 33.4. The van der Waals surface area contributed by atoms with E-state index in [4.69, 9.17) is 28.4 Å². The number of aromatic nitrogens is 1. The van der Waals surface area contributed by atoms with Crippen molar-refractivity contribution in [2.45, 2.75) is 32.6 Å². The summed E-state index contributed by atoms with van der Waals surface area (Å²) in [5.74, 6) is 2.93. The van der Waals surface area contributed by atoms with Gasteiger partial charge in [-0.2, -0.15) is 0 Å². The zero-order valence-corrected chi connectivity index (χ0v) is 31.6. The van der Waals surface area contributed by atoms with E-state index in [9.17, 15) is 4.79 Å². The van der Waals surface area contributed by atoms with Crippen LogP contribution in [0.5, 0.6) is 28.7 Å². The van der Waals surface area contributed by atoms with Crippen LogP contribution < -0.4 is 23.7 Å². The second-order valence-corrected chi connectivity index (χ2v) is 12.7. The Kier molecular flexibility index (Phi) is 12.6. The van der Waals surface area contributed by atoms with Gasteiger partial charge in [0, 0.05) is 34.0 Å². The van der Waals surface area contributed by atoms with Crippen molar-refractivity contribution in [2.75, 3.05) is 41.7 Å². The number of carbonyl (C=O) groups excluding carboxylic acids is 1. The number of methoxy groups -OCH3 is 4. The van der Waals surface area contributed by atoms with Crippen LogP contribution in [0.25, 0.3) is 51.8 Å². The molecule has 8 nitrogen and oxygen atoms in total. The molecule has 5 aromatic carbocycles. The Morgan fingerprint density at radius 2 is 1.13 bits per heavy atom. The summed E-state index contributed by atoms with van der Waals surface area (Å²) in [6.45, 7) is 2.69. The summed E-state index contributed by atoms with van der Waals surface area (Å²) in [7, 11) is 6.54. The van der Waals surface area contributed by atoms with Crippen molar-refractivity contribution >= 4 is 52.1 Å². The van der Waals surface area contributed by atoms with Gasteiger partial charge in [0.15, 0.2) is 11.5 Å². The van der Waals surface area contributed by atoms with Gasteiger partial charge in [0.2, 0.25) is 5.75 Å². The molecule has 8 heteroatoms. The highest BCUT2D eigenvalue weighted by molar-refractivity contribution is 6.09. The highest BCUT2D eigenvalue weighted by Gasteiger charge is 2.15. The lowest BCUT2D eigenvalue weighted by atomic mass is 10.0. The monoisotopic (exact) mass is 725 g/mol. The molecule has 1 aromatic heterocycles. The lowest BCUT2D eigenvalue weighted by molar-refractivity contribution is -0.143. The molecular formula is C46H47NO7. The van der Waals surface area contributed by atoms with E-state index in [1.165, 1.54) is 21.8 Å². The number of hydrogen-bond donors (Lipinski definition) is 0. The van der Waals surface area contributed by atoms with E-state index < -0.39 is 0 Å². The highest BCUT2D eigenvalue weighted by atomic mass is 16.5. The van der Waals surface area contributed by atoms with Crippen molar-refractivity contribution < 1.29 is 33.2 Å². The number of unbranched alkanes of at least 4 members (excludes halogenated alkanes) is 2. The molecule has 278 valence electrons. The van der Waals surface area contributed by atoms with E-state index in [-0.39, 0.29) is 5.97 Å². The molecule has 0 saturated carbocycles. The van der Waals surface area contributed by atoms with Crippen molar-refractivity contribution in [3.05, 3.63) is 119 Å². The van der Waals surface area contributed by atoms with Crippen molar-refractivity contribution in [3.8, 4) is 34.4 Å². The van der Waals surface area contributed by atoms with E-state index in [2.05, 4.69) is 83.4 Å². The minimum atomic E-state index is -0.164. The second kappa shape index (κ2) is 18.1. The molecule has 0 bridgehead atoms. The maximum Gasteiger partial charge on any atom is 0.305 e. The van der Waals surface area contributed by atoms with E-state index in [1.807, 2.05) is 49.4 Å². The molecule has 0 fully saturated rings. The SMILES string of the molecule is CCOC(=O)CCCCCOc1c(OC)cc(C=Cc2cc(OC)c(C=Cc3ccc(-n4c5ccccc5c5ccccc54)cc3)cc2OC)cc1OC. The average molecular weight is 726 g/mol. The standard InChI is InChI=1S/C46H47NO7/c1-6-53-45(48)18-8-7-13-27-54-46-43(51-4)28-33(29-44(46)52-5)20-24-35-31-41(49-2)34(30-42(35)50-3)23-19-32-21-25-36(26-22-32)47-39-16-11-9-14-37(39)38-15-10-12-17-40(38)47/h9-12,14-17,19-26,28-31H,6-8,13,18,27H2,1-5H3. The fraction of sp³-hybridized carbons (Fsp3) is 0.239. The Labute approximate surface area is 317 Å². The minimum Gasteiger partial charge on any atom is -0.496 e. The number of benzene rings is 5. The van der Waals surface area contributed by atoms with Crippen molar-refractivity contribution in [3.63, 3.8) is 0 Å². The number of carbonyl (C=O) groups is 1. The van der Waals surface area contributed by atoms with Crippen LogP contribution in [0, 0.1) is 0 Å². The molecular weight excluding hydrogens is 679 g/mol. The third kappa shape index (κ3) is 8.55. The van der Waals surface area contributed by atoms with Crippen molar-refractivity contribution in [1.82, 2.24) is 4.57 Å². The zero-order chi connectivity index (χ0) is 37.9. The van der Waals surface area contributed by atoms with Crippen LogP contribution in [0.1, 0.15) is 54.9 Å². The van der Waals surface area contributed by atoms with E-state index in [1.54, 1.807) is 28.4 Å². The van der Waals surface area contributed by atoms with Gasteiger partial charge in [-0.05, 0) is 85.8 Å². The topological polar surface area (TPSA) is 77.4 Å². The Morgan fingerprint density at radius 3 is 1.67 bits per heavy atom. The zero-order valence-electron chi connectivity index (χ0n) is 31.6. The van der Waals surface area contributed by atoms with Crippen LogP contribution in [0.4, 0.5) is 0 Å². The van der Waals surface area contributed by atoms with Gasteiger partial charge in [0.25, 0.3) is 0 Å². The van der Waals surface area contributed by atoms with Crippen LogP contribution in [-0.4, -0.2) is 52.2 Å². The van der Waals surface area contributed by atoms with Crippen molar-refractivity contribution in [2.24, 2.45) is 0 Å². The molecule has 0 aliphatic heterocycles. The summed E-state index contributed by atoms with van der Waals surface area (Å²) in [4.78, 5) is 11.6. The molecule has 0 aliphatic carbocycles. The molecule has 0 spiro atoms. The van der Waals surface area contributed by atoms with Crippen LogP contribution in [0.2, 0.25) is 0 Å². The van der Waals surface area contributed by atoms with Gasteiger partial charge in [0.1, 0.15) is 11.5 Å². The molecule has 54 heavy (non-hydrogen) atoms. The normalized spacial score (nSPS) is 11.4. The maximum absolute atomic E-state index is 11.6. The van der Waals surface area contributed by atoms with Crippen LogP contribution in [0.15, 0.2) is 97.1 Å². The summed E-state index contributed by atoms with van der Waals surface area (Å²) < 4.78 is 36.4. The lowest BCUT2D eigenvalue weighted by Crippen LogP contribution is -2.05. The van der Waals surface area contributed by atoms with Gasteiger partial charge < -0.3 is 33.0 Å². The quantitative estimate of drug-likeness (QED) is 0.0526. The smallest absolute Gasteiger partial charge is 0.305 e. The molecule has 0 aliphatic rings. The molecule has 0 radical (unpaired) electrons. The third-order valence-electron chi connectivity index (χ3n) is 9.28. The molecule has 0 N–H and O–H groups in total. The summed E-state index contributed by atoms with van der Waals surface area (Å²) in [6.07, 6.45) is 10.9. The maximum atomic E-state index is 11.6. The van der Waals surface area contributed by atoms with Gasteiger partial charge in [-0.15, -0.1) is 0 Å². The lowest BCUT2D eigenvalue weighted by Gasteiger charge is -2.15. The van der Waals surface area contributed by atoms with Gasteiger partial charge in [-0.3, -0.25) is 4.79 Å². The van der Waals surface area contributed by atoms with Gasteiger partial charge in [-0.25, -0.2) is 0 Å². The number of hydrogen-bond acceptors (Lipinski definition) is 7. The Balaban J connectivity index is 1.17. The minimum absolute atomic E-state index is 0.164. The number of nitrogens with zero attached hydrogens (tertiary/aromatic N) is 1. The Hall–Kier alpha value is -6.15. The van der Waals surface area contributed by atoms with Crippen LogP contribution in [-0.2, 0) is 9.53 Å². The molecule has 0 saturated heterocycles. The van der Waals surface area contributed by atoms with E-state index >= 15 is 0 Å². The van der Waals surface area contributed by atoms with Gasteiger partial charge in [0.05, 0.1) is 52.7 Å². The van der Waals surface area contributed by atoms with E-state index in [0.29, 0.717) is 42.6 Å². The molecule has 0 unspecified atom stereocenters. The number of para-hydroxylation sites is 2. The Morgan fingerprint density at radius 1 is 0.593 bits per heavy atom. The average Bonchev–Trinajstić information content (AvgIpc) is 3.55. The first-order valence-electron chi connectivity index (χ1n) is 18.2. The van der Waals surface area contributed by atoms with Crippen LogP contribution >= 0.6 is 0 Å². The highest BCUT2D eigenvalue weighted by Crippen LogP contribution is 2.40. The summed E-state index contributed by atoms with van der Waals surface area (Å²) in [5, 5.41) is 2.48. The van der Waals surface area contributed by atoms with E-state index in [0.717, 1.165) is 53.0 Å². The van der Waals surface area contributed by atoms with Crippen molar-refractivity contribution in [1.29, 1.82) is 0 Å². The number of esters is 1. The third-order valence-corrected chi connectivity index (χ3v) is 9.28. The summed E-state index contributed by atoms with van der Waals surface area (Å²) >= 11 is 0. The first kappa shape index (κ1) is 37.6. The number of rotatable bonds is 17. The second-order valence-electron chi connectivity index (χ2n) is 12.7. The van der Waals surface area contributed by atoms with Gasteiger partial charge in [-0.1, -0.05) is 72.8 Å². The largest absolute Gasteiger partial charge is 0.496 e. The molecule has 6 aromatic rings. The molecule has 0 amide bonds. The first-order chi connectivity index (χ1) is 26.5. The predicted octanol–water partition coefficient (Wildman–Crippen LogP) is 10.7. The number of ether oxygens (including phenoxy) is 6. The molecule has 1 heterocycles. The fourth-order valence-corrected chi connectivity index (χ4v) is 6.61. The van der Waals surface area contributed by atoms with Crippen LogP contribution in [0.3, 0.4) is 0 Å². The molecule has 6 rings (SSSR count). The molecule has 0 atom stereocenters. The fourth-order valence-electron chi connectivity index (χ4n) is 6.61. The Bertz CT molecular complexity index is 2190.